The van der Waals surface area contributed by atoms with Gasteiger partial charge in [0, 0.05) is 0 Å². The van der Waals surface area contributed by atoms with Gasteiger partial charge in [-0.2, -0.15) is 9.97 Å². The fourth-order valence-electron chi connectivity index (χ4n) is 0.957. The molecule has 0 amide bonds. The quantitative estimate of drug-likeness (QED) is 0.661. The standard InChI is InChI=1S/C6H6N6OS/c1-2-3(14-12-11-2)4-8-5(7)10-6(13)9-4/h1H3,(H3,7,8,9,10,13). The van der Waals surface area contributed by atoms with Gasteiger partial charge < -0.3 is 5.73 Å². The van der Waals surface area contributed by atoms with Gasteiger partial charge in [0.05, 0.1) is 5.69 Å². The Labute approximate surface area is 82.2 Å². The molecule has 2 aromatic heterocycles. The topological polar surface area (TPSA) is 110 Å². The van der Waals surface area contributed by atoms with Gasteiger partial charge in [0.15, 0.2) is 5.82 Å². The third-order valence-electron chi connectivity index (χ3n) is 1.53. The molecule has 0 fully saturated rings. The van der Waals surface area contributed by atoms with E-state index in [1.165, 1.54) is 0 Å². The van der Waals surface area contributed by atoms with Gasteiger partial charge >= 0.3 is 5.69 Å². The predicted octanol–water partition coefficient (Wildman–Crippen LogP) is -0.426. The Bertz CT molecular complexity index is 517. The first-order valence-electron chi connectivity index (χ1n) is 3.70. The van der Waals surface area contributed by atoms with E-state index >= 15 is 0 Å². The summed E-state index contributed by atoms with van der Waals surface area (Å²) in [5.41, 5.74) is 5.51. The highest BCUT2D eigenvalue weighted by molar-refractivity contribution is 7.09. The van der Waals surface area contributed by atoms with E-state index in [4.69, 9.17) is 5.73 Å². The van der Waals surface area contributed by atoms with E-state index in [9.17, 15) is 4.79 Å². The molecule has 2 rings (SSSR count). The number of nitrogen functional groups attached to an aromatic ring is 1. The van der Waals surface area contributed by atoms with Crippen LogP contribution >= 0.6 is 11.5 Å². The summed E-state index contributed by atoms with van der Waals surface area (Å²) in [4.78, 5) is 21.4. The average molecular weight is 210 g/mol. The molecule has 2 heterocycles. The molecule has 0 saturated heterocycles. The van der Waals surface area contributed by atoms with E-state index < -0.39 is 5.69 Å². The maximum absolute atomic E-state index is 11.0. The van der Waals surface area contributed by atoms with Crippen molar-refractivity contribution in [2.24, 2.45) is 0 Å². The van der Waals surface area contributed by atoms with Gasteiger partial charge in [-0.25, -0.2) is 4.79 Å². The minimum atomic E-state index is -0.528. The van der Waals surface area contributed by atoms with Crippen molar-refractivity contribution in [1.29, 1.82) is 0 Å². The number of H-pyrrole nitrogens is 1. The molecule has 3 N–H and O–H groups in total. The molecule has 0 unspecified atom stereocenters. The number of rotatable bonds is 1. The van der Waals surface area contributed by atoms with Crippen LogP contribution in [0.5, 0.6) is 0 Å². The van der Waals surface area contributed by atoms with Crippen LogP contribution in [0.1, 0.15) is 5.69 Å². The first-order valence-corrected chi connectivity index (χ1v) is 4.47. The molecule has 0 aliphatic heterocycles. The fourth-order valence-corrected chi connectivity index (χ4v) is 1.56. The Balaban J connectivity index is 2.63. The van der Waals surface area contributed by atoms with Crippen molar-refractivity contribution < 1.29 is 0 Å². The second-order valence-corrected chi connectivity index (χ2v) is 3.30. The van der Waals surface area contributed by atoms with Crippen molar-refractivity contribution >= 4 is 17.5 Å². The molecule has 0 saturated carbocycles. The zero-order chi connectivity index (χ0) is 10.1. The van der Waals surface area contributed by atoms with E-state index in [0.29, 0.717) is 16.4 Å². The highest BCUT2D eigenvalue weighted by atomic mass is 32.1. The molecule has 2 aromatic rings. The zero-order valence-corrected chi connectivity index (χ0v) is 8.00. The number of aromatic nitrogens is 5. The van der Waals surface area contributed by atoms with Gasteiger partial charge in [0.25, 0.3) is 0 Å². The van der Waals surface area contributed by atoms with Crippen molar-refractivity contribution in [2.75, 3.05) is 5.73 Å². The second kappa shape index (κ2) is 3.14. The Hall–Kier alpha value is -1.83. The highest BCUT2D eigenvalue weighted by Gasteiger charge is 2.09. The van der Waals surface area contributed by atoms with Crippen LogP contribution in [0.25, 0.3) is 10.7 Å². The van der Waals surface area contributed by atoms with Gasteiger partial charge in [-0.05, 0) is 18.5 Å². The SMILES string of the molecule is Cc1nnsc1-c1nc(N)nc(=O)[nH]1. The Morgan fingerprint density at radius 3 is 2.79 bits per heavy atom. The average Bonchev–Trinajstić information content (AvgIpc) is 2.49. The van der Waals surface area contributed by atoms with Crippen molar-refractivity contribution in [2.45, 2.75) is 6.92 Å². The maximum Gasteiger partial charge on any atom is 0.349 e. The summed E-state index contributed by atoms with van der Waals surface area (Å²) in [6, 6.07) is 0. The molecule has 0 aromatic carbocycles. The van der Waals surface area contributed by atoms with Gasteiger partial charge in [-0.3, -0.25) is 4.98 Å². The van der Waals surface area contributed by atoms with Crippen molar-refractivity contribution in [3.05, 3.63) is 16.2 Å². The van der Waals surface area contributed by atoms with Crippen LogP contribution in [0.2, 0.25) is 0 Å². The van der Waals surface area contributed by atoms with Crippen LogP contribution in [-0.2, 0) is 0 Å². The van der Waals surface area contributed by atoms with Gasteiger partial charge in [0.2, 0.25) is 5.95 Å². The molecule has 0 aliphatic rings. The number of hydrogen-bond acceptors (Lipinski definition) is 7. The summed E-state index contributed by atoms with van der Waals surface area (Å²) in [5, 5.41) is 3.80. The fraction of sp³-hybridized carbons (Fsp3) is 0.167. The van der Waals surface area contributed by atoms with Gasteiger partial charge in [-0.15, -0.1) is 5.10 Å². The molecular weight excluding hydrogens is 204 g/mol. The third kappa shape index (κ3) is 1.46. The molecule has 14 heavy (non-hydrogen) atoms. The number of nitrogens with two attached hydrogens (primary N) is 1. The van der Waals surface area contributed by atoms with Crippen molar-refractivity contribution in [3.8, 4) is 10.7 Å². The summed E-state index contributed by atoms with van der Waals surface area (Å²) < 4.78 is 3.73. The van der Waals surface area contributed by atoms with Crippen LogP contribution in [0.15, 0.2) is 4.79 Å². The Morgan fingerprint density at radius 1 is 1.43 bits per heavy atom. The normalized spacial score (nSPS) is 10.4. The lowest BCUT2D eigenvalue weighted by Crippen LogP contribution is -2.15. The van der Waals surface area contributed by atoms with Crippen LogP contribution in [0, 0.1) is 6.92 Å². The molecule has 8 heteroatoms. The Morgan fingerprint density at radius 2 is 2.21 bits per heavy atom. The largest absolute Gasteiger partial charge is 0.368 e. The number of nitrogens with zero attached hydrogens (tertiary/aromatic N) is 4. The van der Waals surface area contributed by atoms with Gasteiger partial charge in [-0.1, -0.05) is 4.49 Å². The van der Waals surface area contributed by atoms with Crippen molar-refractivity contribution in [3.63, 3.8) is 0 Å². The summed E-state index contributed by atoms with van der Waals surface area (Å²) in [6.07, 6.45) is 0. The molecule has 0 radical (unpaired) electrons. The zero-order valence-electron chi connectivity index (χ0n) is 7.18. The number of aryl methyl sites for hydroxylation is 1. The monoisotopic (exact) mass is 210 g/mol. The van der Waals surface area contributed by atoms with E-state index in [1.54, 1.807) is 6.92 Å². The molecule has 0 spiro atoms. The molecule has 0 bridgehead atoms. The first kappa shape index (κ1) is 8.75. The number of aromatic amines is 1. The summed E-state index contributed by atoms with van der Waals surface area (Å²) in [5.74, 6) is 0.298. The lowest BCUT2D eigenvalue weighted by molar-refractivity contribution is 1.01. The van der Waals surface area contributed by atoms with Crippen LogP contribution in [0.4, 0.5) is 5.95 Å². The van der Waals surface area contributed by atoms with E-state index in [2.05, 4.69) is 24.5 Å². The minimum absolute atomic E-state index is 0.0587. The summed E-state index contributed by atoms with van der Waals surface area (Å²) in [6.45, 7) is 1.77. The minimum Gasteiger partial charge on any atom is -0.368 e. The predicted molar refractivity (Wildman–Crippen MR) is 50.7 cm³/mol. The molecule has 0 atom stereocenters. The lowest BCUT2D eigenvalue weighted by Gasteiger charge is -1.96. The highest BCUT2D eigenvalue weighted by Crippen LogP contribution is 2.20. The van der Waals surface area contributed by atoms with E-state index in [-0.39, 0.29) is 5.95 Å². The number of hydrogen-bond donors (Lipinski definition) is 2. The lowest BCUT2D eigenvalue weighted by atomic mass is 10.4. The van der Waals surface area contributed by atoms with E-state index in [1.807, 2.05) is 0 Å². The molecule has 72 valence electrons. The maximum atomic E-state index is 11.0. The van der Waals surface area contributed by atoms with Gasteiger partial charge in [0.1, 0.15) is 4.88 Å². The van der Waals surface area contributed by atoms with Crippen LogP contribution in [-0.4, -0.2) is 24.5 Å². The summed E-state index contributed by atoms with van der Waals surface area (Å²) in [7, 11) is 0. The van der Waals surface area contributed by atoms with Crippen molar-refractivity contribution in [1.82, 2.24) is 24.5 Å². The smallest absolute Gasteiger partial charge is 0.349 e. The van der Waals surface area contributed by atoms with E-state index in [0.717, 1.165) is 11.5 Å². The second-order valence-electron chi connectivity index (χ2n) is 2.55. The Kier molecular flexibility index (Phi) is 1.97. The third-order valence-corrected chi connectivity index (χ3v) is 2.37. The summed E-state index contributed by atoms with van der Waals surface area (Å²) >= 11 is 1.14. The first-order chi connectivity index (χ1) is 6.66. The molecule has 7 nitrogen and oxygen atoms in total. The number of nitrogens with one attached hydrogen (secondary N) is 1. The number of anilines is 1. The molecule has 0 aliphatic carbocycles. The molecular formula is C6H6N6OS. The van der Waals surface area contributed by atoms with Crippen LogP contribution in [0.3, 0.4) is 0 Å². The van der Waals surface area contributed by atoms with Crippen LogP contribution < -0.4 is 11.4 Å².